The molecule has 1 atom stereocenters. The molecule has 2 N–H and O–H groups in total. The highest BCUT2D eigenvalue weighted by molar-refractivity contribution is 5.82. The number of carbonyl (C=O) groups excluding carboxylic acids is 1. The molecule has 1 unspecified atom stereocenters. The highest BCUT2D eigenvalue weighted by Gasteiger charge is 2.16. The monoisotopic (exact) mass is 339 g/mol. The van der Waals surface area contributed by atoms with E-state index in [1.807, 2.05) is 18.2 Å². The molecule has 6 heteroatoms. The highest BCUT2D eigenvalue weighted by Crippen LogP contribution is 2.27. The molecule has 0 radical (unpaired) electrons. The van der Waals surface area contributed by atoms with Gasteiger partial charge in [-0.1, -0.05) is 18.2 Å². The van der Waals surface area contributed by atoms with E-state index in [4.69, 9.17) is 19.6 Å². The van der Waals surface area contributed by atoms with Crippen LogP contribution in [0.5, 0.6) is 17.2 Å². The molecule has 3 rings (SSSR count). The molecule has 0 amide bonds. The first-order chi connectivity index (χ1) is 12.0. The van der Waals surface area contributed by atoms with Crippen molar-refractivity contribution in [1.82, 2.24) is 0 Å². The maximum atomic E-state index is 12.7. The highest BCUT2D eigenvalue weighted by atomic mass is 16.5. The number of rotatable bonds is 4. The Kier molecular flexibility index (Phi) is 4.54. The van der Waals surface area contributed by atoms with Crippen LogP contribution in [0.1, 0.15) is 12.7 Å². The van der Waals surface area contributed by atoms with Gasteiger partial charge in [-0.3, -0.25) is 4.79 Å². The molecule has 0 aliphatic carbocycles. The fourth-order valence-corrected chi connectivity index (χ4v) is 2.27. The molecule has 0 aliphatic rings. The molecular formula is C19H17NO5. The van der Waals surface area contributed by atoms with Crippen molar-refractivity contribution >= 4 is 16.9 Å². The van der Waals surface area contributed by atoms with Crippen molar-refractivity contribution in [3.63, 3.8) is 0 Å². The van der Waals surface area contributed by atoms with Gasteiger partial charge in [0.15, 0.2) is 0 Å². The summed E-state index contributed by atoms with van der Waals surface area (Å²) in [6.45, 7) is 3.17. The van der Waals surface area contributed by atoms with Crippen molar-refractivity contribution < 1.29 is 18.7 Å². The molecule has 2 aromatic carbocycles. The lowest BCUT2D eigenvalue weighted by atomic mass is 10.2. The summed E-state index contributed by atoms with van der Waals surface area (Å²) in [6, 6.07) is 12.8. The molecule has 128 valence electrons. The van der Waals surface area contributed by atoms with Crippen LogP contribution >= 0.6 is 0 Å². The molecule has 0 saturated heterocycles. The van der Waals surface area contributed by atoms with E-state index in [1.54, 1.807) is 19.1 Å². The standard InChI is InChI=1S/C19H17NO5/c1-11(20)19(22)25-14-8-9-15-16(10-14)23-12(2)18(17(15)21)24-13-6-4-3-5-7-13/h3-11H,20H2,1-2H3. The third kappa shape index (κ3) is 3.54. The molecule has 25 heavy (non-hydrogen) atoms. The van der Waals surface area contributed by atoms with E-state index in [2.05, 4.69) is 0 Å². The maximum Gasteiger partial charge on any atom is 0.328 e. The molecule has 0 fully saturated rings. The minimum Gasteiger partial charge on any atom is -0.457 e. The van der Waals surface area contributed by atoms with Gasteiger partial charge in [0.05, 0.1) is 5.39 Å². The predicted molar refractivity (Wildman–Crippen MR) is 93.0 cm³/mol. The molecule has 0 spiro atoms. The fraction of sp³-hybridized carbons (Fsp3) is 0.158. The lowest BCUT2D eigenvalue weighted by Gasteiger charge is -2.10. The molecule has 0 aliphatic heterocycles. The van der Waals surface area contributed by atoms with E-state index in [1.165, 1.54) is 25.1 Å². The zero-order valence-corrected chi connectivity index (χ0v) is 13.8. The minimum absolute atomic E-state index is 0.124. The SMILES string of the molecule is Cc1oc2cc(OC(=O)C(C)N)ccc2c(=O)c1Oc1ccccc1. The first-order valence-electron chi connectivity index (χ1n) is 7.73. The second-order valence-electron chi connectivity index (χ2n) is 5.60. The second-order valence-corrected chi connectivity index (χ2v) is 5.60. The molecule has 0 saturated carbocycles. The summed E-state index contributed by atoms with van der Waals surface area (Å²) in [5.74, 6) is 0.687. The summed E-state index contributed by atoms with van der Waals surface area (Å²) >= 11 is 0. The number of hydrogen-bond donors (Lipinski definition) is 1. The lowest BCUT2D eigenvalue weighted by molar-refractivity contribution is -0.135. The Morgan fingerprint density at radius 1 is 1.12 bits per heavy atom. The van der Waals surface area contributed by atoms with Crippen LogP contribution in [0.15, 0.2) is 57.7 Å². The number of hydrogen-bond acceptors (Lipinski definition) is 6. The summed E-state index contributed by atoms with van der Waals surface area (Å²) in [7, 11) is 0. The van der Waals surface area contributed by atoms with Gasteiger partial charge >= 0.3 is 5.97 Å². The average molecular weight is 339 g/mol. The van der Waals surface area contributed by atoms with E-state index >= 15 is 0 Å². The summed E-state index contributed by atoms with van der Waals surface area (Å²) in [5.41, 5.74) is 5.48. The van der Waals surface area contributed by atoms with Gasteiger partial charge in [-0.15, -0.1) is 0 Å². The Balaban J connectivity index is 2.00. The summed E-state index contributed by atoms with van der Waals surface area (Å²) in [6.07, 6.45) is 0. The van der Waals surface area contributed by atoms with Crippen LogP contribution in [0.3, 0.4) is 0 Å². The maximum absolute atomic E-state index is 12.7. The fourth-order valence-electron chi connectivity index (χ4n) is 2.27. The van der Waals surface area contributed by atoms with Crippen molar-refractivity contribution in [2.45, 2.75) is 19.9 Å². The quantitative estimate of drug-likeness (QED) is 0.580. The molecule has 1 heterocycles. The molecular weight excluding hydrogens is 322 g/mol. The van der Waals surface area contributed by atoms with Gasteiger partial charge in [-0.2, -0.15) is 0 Å². The number of ether oxygens (including phenoxy) is 2. The first-order valence-corrected chi connectivity index (χ1v) is 7.73. The Morgan fingerprint density at radius 3 is 2.52 bits per heavy atom. The van der Waals surface area contributed by atoms with E-state index in [9.17, 15) is 9.59 Å². The zero-order valence-electron chi connectivity index (χ0n) is 13.8. The number of aryl methyl sites for hydroxylation is 1. The molecule has 3 aromatic rings. The van der Waals surface area contributed by atoms with Gasteiger partial charge < -0.3 is 19.6 Å². The number of fused-ring (bicyclic) bond motifs is 1. The Hall–Kier alpha value is -3.12. The van der Waals surface area contributed by atoms with Gasteiger partial charge in [0.2, 0.25) is 11.2 Å². The average Bonchev–Trinajstić information content (AvgIpc) is 2.59. The van der Waals surface area contributed by atoms with Gasteiger partial charge in [-0.05, 0) is 38.1 Å². The van der Waals surface area contributed by atoms with Crippen LogP contribution in [0.2, 0.25) is 0 Å². The summed E-state index contributed by atoms with van der Waals surface area (Å²) < 4.78 is 16.5. The van der Waals surface area contributed by atoms with Crippen molar-refractivity contribution in [2.75, 3.05) is 0 Å². The Bertz CT molecular complexity index is 976. The summed E-state index contributed by atoms with van der Waals surface area (Å²) in [5, 5.41) is 0.331. The molecule has 1 aromatic heterocycles. The Labute approximate surface area is 143 Å². The molecule has 0 bridgehead atoms. The number of carbonyl (C=O) groups is 1. The first kappa shape index (κ1) is 16.7. The van der Waals surface area contributed by atoms with Gasteiger partial charge in [0, 0.05) is 6.07 Å². The number of esters is 1. The largest absolute Gasteiger partial charge is 0.457 e. The minimum atomic E-state index is -0.744. The second kappa shape index (κ2) is 6.78. The van der Waals surface area contributed by atoms with Crippen molar-refractivity contribution in [3.05, 3.63) is 64.5 Å². The molecule has 6 nitrogen and oxygen atoms in total. The van der Waals surface area contributed by atoms with Crippen LogP contribution in [0, 0.1) is 6.92 Å². The van der Waals surface area contributed by atoms with Crippen molar-refractivity contribution in [3.8, 4) is 17.2 Å². The van der Waals surface area contributed by atoms with Gasteiger partial charge in [0.25, 0.3) is 0 Å². The smallest absolute Gasteiger partial charge is 0.328 e. The van der Waals surface area contributed by atoms with Crippen LogP contribution < -0.4 is 20.6 Å². The van der Waals surface area contributed by atoms with E-state index in [-0.39, 0.29) is 16.9 Å². The van der Waals surface area contributed by atoms with Crippen LogP contribution in [-0.4, -0.2) is 12.0 Å². The Morgan fingerprint density at radius 2 is 1.84 bits per heavy atom. The van der Waals surface area contributed by atoms with Crippen LogP contribution in [0.4, 0.5) is 0 Å². The van der Waals surface area contributed by atoms with Gasteiger partial charge in [0.1, 0.15) is 28.9 Å². The lowest BCUT2D eigenvalue weighted by Crippen LogP contribution is -2.30. The van der Waals surface area contributed by atoms with E-state index < -0.39 is 12.0 Å². The summed E-state index contributed by atoms with van der Waals surface area (Å²) in [4.78, 5) is 24.3. The topological polar surface area (TPSA) is 91.8 Å². The number of benzene rings is 2. The van der Waals surface area contributed by atoms with E-state index in [0.717, 1.165) is 0 Å². The predicted octanol–water partition coefficient (Wildman–Crippen LogP) is 3.15. The van der Waals surface area contributed by atoms with Crippen molar-refractivity contribution in [2.24, 2.45) is 5.73 Å². The third-order valence-corrected chi connectivity index (χ3v) is 3.54. The van der Waals surface area contributed by atoms with Gasteiger partial charge in [-0.25, -0.2) is 4.79 Å². The van der Waals surface area contributed by atoms with Crippen molar-refractivity contribution in [1.29, 1.82) is 0 Å². The number of nitrogens with two attached hydrogens (primary N) is 1. The normalized spacial score (nSPS) is 12.0. The van der Waals surface area contributed by atoms with Crippen LogP contribution in [0.25, 0.3) is 11.0 Å². The van der Waals surface area contributed by atoms with Crippen LogP contribution in [-0.2, 0) is 4.79 Å². The third-order valence-electron chi connectivity index (χ3n) is 3.54. The number of para-hydroxylation sites is 1. The van der Waals surface area contributed by atoms with E-state index in [0.29, 0.717) is 22.5 Å². The zero-order chi connectivity index (χ0) is 18.0.